The first-order valence-electron chi connectivity index (χ1n) is 7.46. The minimum absolute atomic E-state index is 0.211. The van der Waals surface area contributed by atoms with Crippen molar-refractivity contribution in [1.82, 2.24) is 5.32 Å². The molecule has 0 aromatic rings. The molecule has 0 saturated heterocycles. The highest BCUT2D eigenvalue weighted by Gasteiger charge is 2.40. The zero-order valence-corrected chi connectivity index (χ0v) is 11.0. The Morgan fingerprint density at radius 3 is 2.61 bits per heavy atom. The van der Waals surface area contributed by atoms with Crippen LogP contribution in [-0.4, -0.2) is 18.5 Å². The molecule has 3 rings (SSSR count). The molecule has 3 heteroatoms. The Bertz CT molecular complexity index is 346. The first-order chi connectivity index (χ1) is 8.78. The van der Waals surface area contributed by atoms with E-state index in [1.54, 1.807) is 0 Å². The Kier molecular flexibility index (Phi) is 3.42. The zero-order valence-electron chi connectivity index (χ0n) is 11.0. The summed E-state index contributed by atoms with van der Waals surface area (Å²) < 4.78 is 0. The molecule has 0 heterocycles. The monoisotopic (exact) mass is 248 g/mol. The molecule has 2 saturated carbocycles. The van der Waals surface area contributed by atoms with Gasteiger partial charge in [-0.05, 0) is 43.4 Å². The Labute approximate surface area is 109 Å². The van der Waals surface area contributed by atoms with Gasteiger partial charge in [-0.25, -0.2) is 0 Å². The van der Waals surface area contributed by atoms with Crippen molar-refractivity contribution in [1.29, 1.82) is 0 Å². The van der Waals surface area contributed by atoms with E-state index in [1.165, 1.54) is 32.1 Å². The van der Waals surface area contributed by atoms with Crippen molar-refractivity contribution in [2.45, 2.75) is 44.6 Å². The van der Waals surface area contributed by atoms with Crippen molar-refractivity contribution in [2.75, 3.05) is 6.54 Å². The molecule has 3 aliphatic carbocycles. The van der Waals surface area contributed by atoms with Crippen LogP contribution in [0.25, 0.3) is 0 Å². The highest BCUT2D eigenvalue weighted by Crippen LogP contribution is 2.43. The van der Waals surface area contributed by atoms with Gasteiger partial charge in [0.1, 0.15) is 0 Å². The van der Waals surface area contributed by atoms with E-state index < -0.39 is 0 Å². The normalized spacial score (nSPS) is 36.2. The predicted molar refractivity (Wildman–Crippen MR) is 71.8 cm³/mol. The smallest absolute Gasteiger partial charge is 0.223 e. The summed E-state index contributed by atoms with van der Waals surface area (Å²) in [5.74, 6) is 2.25. The molecule has 0 spiro atoms. The van der Waals surface area contributed by atoms with Crippen LogP contribution in [0.2, 0.25) is 0 Å². The molecule has 3 nitrogen and oxygen atoms in total. The van der Waals surface area contributed by atoms with Crippen LogP contribution in [0.5, 0.6) is 0 Å². The summed E-state index contributed by atoms with van der Waals surface area (Å²) >= 11 is 0. The largest absolute Gasteiger partial charge is 0.352 e. The Hall–Kier alpha value is -0.830. The predicted octanol–water partition coefficient (Wildman–Crippen LogP) is 1.83. The van der Waals surface area contributed by atoms with Crippen LogP contribution in [0.3, 0.4) is 0 Å². The van der Waals surface area contributed by atoms with Gasteiger partial charge in [0.25, 0.3) is 0 Å². The number of rotatable bonds is 4. The maximum Gasteiger partial charge on any atom is 0.223 e. The molecule has 0 radical (unpaired) electrons. The summed E-state index contributed by atoms with van der Waals surface area (Å²) in [5.41, 5.74) is 5.85. The number of hydrogen-bond acceptors (Lipinski definition) is 2. The second-order valence-electron chi connectivity index (χ2n) is 6.28. The fraction of sp³-hybridized carbons (Fsp3) is 0.800. The lowest BCUT2D eigenvalue weighted by molar-refractivity contribution is -0.126. The minimum Gasteiger partial charge on any atom is -0.352 e. The van der Waals surface area contributed by atoms with Gasteiger partial charge in [-0.1, -0.05) is 25.0 Å². The van der Waals surface area contributed by atoms with Crippen molar-refractivity contribution in [3.63, 3.8) is 0 Å². The maximum absolute atomic E-state index is 12.4. The lowest BCUT2D eigenvalue weighted by Crippen LogP contribution is -2.47. The number of fused-ring (bicyclic) bond motifs is 2. The average Bonchev–Trinajstić information content (AvgIpc) is 3.10. The van der Waals surface area contributed by atoms with E-state index in [9.17, 15) is 4.79 Å². The molecular weight excluding hydrogens is 224 g/mol. The van der Waals surface area contributed by atoms with Gasteiger partial charge < -0.3 is 11.1 Å². The van der Waals surface area contributed by atoms with E-state index in [0.29, 0.717) is 24.3 Å². The van der Waals surface area contributed by atoms with Crippen LogP contribution < -0.4 is 11.1 Å². The van der Waals surface area contributed by atoms with Crippen LogP contribution in [0.4, 0.5) is 0 Å². The summed E-state index contributed by atoms with van der Waals surface area (Å²) in [6.07, 6.45) is 11.8. The standard InChI is InChI=1S/C15H24N2O/c16-9-14(11-3-1-2-4-11)17-15(18)13-8-10-5-6-12(13)7-10/h5-6,10-14H,1-4,7-9,16H2,(H,17,18). The van der Waals surface area contributed by atoms with Crippen molar-refractivity contribution < 1.29 is 4.79 Å². The van der Waals surface area contributed by atoms with Gasteiger partial charge in [0.15, 0.2) is 0 Å². The molecule has 4 atom stereocenters. The SMILES string of the molecule is NCC(NC(=O)C1CC2C=CC1C2)C1CCCC1. The first-order valence-corrected chi connectivity index (χ1v) is 7.46. The van der Waals surface area contributed by atoms with Crippen LogP contribution in [0.15, 0.2) is 12.2 Å². The Morgan fingerprint density at radius 1 is 1.28 bits per heavy atom. The van der Waals surface area contributed by atoms with Gasteiger partial charge in [-0.3, -0.25) is 4.79 Å². The topological polar surface area (TPSA) is 55.1 Å². The number of hydrogen-bond donors (Lipinski definition) is 2. The lowest BCUT2D eigenvalue weighted by atomic mass is 9.91. The lowest BCUT2D eigenvalue weighted by Gasteiger charge is -2.26. The maximum atomic E-state index is 12.4. The van der Waals surface area contributed by atoms with Gasteiger partial charge in [-0.2, -0.15) is 0 Å². The molecule has 0 aliphatic heterocycles. The number of carbonyl (C=O) groups is 1. The van der Waals surface area contributed by atoms with Gasteiger partial charge in [-0.15, -0.1) is 0 Å². The molecule has 18 heavy (non-hydrogen) atoms. The third-order valence-electron chi connectivity index (χ3n) is 5.17. The third kappa shape index (κ3) is 2.20. The Morgan fingerprint density at radius 2 is 2.06 bits per heavy atom. The second kappa shape index (κ2) is 5.04. The van der Waals surface area contributed by atoms with E-state index in [1.807, 2.05) is 0 Å². The van der Waals surface area contributed by atoms with Crippen LogP contribution in [0, 0.1) is 23.7 Å². The fourth-order valence-electron chi connectivity index (χ4n) is 4.10. The summed E-state index contributed by atoms with van der Waals surface area (Å²) in [7, 11) is 0. The molecule has 0 aromatic heterocycles. The number of nitrogens with two attached hydrogens (primary N) is 1. The van der Waals surface area contributed by atoms with E-state index in [-0.39, 0.29) is 17.9 Å². The van der Waals surface area contributed by atoms with E-state index >= 15 is 0 Å². The summed E-state index contributed by atoms with van der Waals surface area (Å²) in [5, 5.41) is 3.24. The molecular formula is C15H24N2O. The second-order valence-corrected chi connectivity index (χ2v) is 6.28. The van der Waals surface area contributed by atoms with Crippen molar-refractivity contribution >= 4 is 5.91 Å². The van der Waals surface area contributed by atoms with E-state index in [2.05, 4.69) is 17.5 Å². The van der Waals surface area contributed by atoms with Crippen molar-refractivity contribution in [2.24, 2.45) is 29.4 Å². The summed E-state index contributed by atoms with van der Waals surface area (Å²) in [6, 6.07) is 0.211. The number of amides is 1. The number of nitrogens with one attached hydrogen (secondary N) is 1. The first kappa shape index (κ1) is 12.2. The number of carbonyl (C=O) groups excluding carboxylic acids is 1. The number of allylic oxidation sites excluding steroid dienone is 2. The van der Waals surface area contributed by atoms with Gasteiger partial charge >= 0.3 is 0 Å². The highest BCUT2D eigenvalue weighted by molar-refractivity contribution is 5.80. The molecule has 0 aromatic carbocycles. The Balaban J connectivity index is 1.57. The molecule has 100 valence electrons. The molecule has 3 N–H and O–H groups in total. The molecule has 4 unspecified atom stereocenters. The van der Waals surface area contributed by atoms with E-state index in [0.717, 1.165) is 6.42 Å². The van der Waals surface area contributed by atoms with Crippen LogP contribution in [-0.2, 0) is 4.79 Å². The van der Waals surface area contributed by atoms with E-state index in [4.69, 9.17) is 5.73 Å². The molecule has 1 amide bonds. The molecule has 2 fully saturated rings. The van der Waals surface area contributed by atoms with Crippen LogP contribution in [0.1, 0.15) is 38.5 Å². The van der Waals surface area contributed by atoms with Crippen LogP contribution >= 0.6 is 0 Å². The molecule has 2 bridgehead atoms. The van der Waals surface area contributed by atoms with Gasteiger partial charge in [0.2, 0.25) is 5.91 Å². The van der Waals surface area contributed by atoms with Gasteiger partial charge in [0, 0.05) is 18.5 Å². The summed E-state index contributed by atoms with van der Waals surface area (Å²) in [4.78, 5) is 12.4. The molecule has 3 aliphatic rings. The van der Waals surface area contributed by atoms with Crippen molar-refractivity contribution in [3.8, 4) is 0 Å². The third-order valence-corrected chi connectivity index (χ3v) is 5.17. The fourth-order valence-corrected chi connectivity index (χ4v) is 4.10. The van der Waals surface area contributed by atoms with Gasteiger partial charge in [0.05, 0.1) is 0 Å². The zero-order chi connectivity index (χ0) is 12.5. The minimum atomic E-state index is 0.211. The van der Waals surface area contributed by atoms with Crippen molar-refractivity contribution in [3.05, 3.63) is 12.2 Å². The highest BCUT2D eigenvalue weighted by atomic mass is 16.2. The quantitative estimate of drug-likeness (QED) is 0.746. The summed E-state index contributed by atoms with van der Waals surface area (Å²) in [6.45, 7) is 0.590. The average molecular weight is 248 g/mol.